The zero-order valence-electron chi connectivity index (χ0n) is 5.52. The molecule has 0 nitrogen and oxygen atoms in total. The van der Waals surface area contributed by atoms with Gasteiger partial charge in [0.1, 0.15) is 0 Å². The Hall–Kier alpha value is 3.70. The van der Waals surface area contributed by atoms with E-state index in [4.69, 9.17) is 0 Å². The van der Waals surface area contributed by atoms with Crippen LogP contribution in [0.15, 0.2) is 0 Å². The fourth-order valence-electron chi connectivity index (χ4n) is 0. The zero-order chi connectivity index (χ0) is 0. The summed E-state index contributed by atoms with van der Waals surface area (Å²) in [4.78, 5) is 0. The molecule has 0 atom stereocenters. The summed E-state index contributed by atoms with van der Waals surface area (Å²) in [5.74, 6) is 0. The van der Waals surface area contributed by atoms with Crippen molar-refractivity contribution in [2.24, 2.45) is 0 Å². The first-order valence-electron chi connectivity index (χ1n) is 0. The van der Waals surface area contributed by atoms with Gasteiger partial charge in [-0.3, -0.25) is 0 Å². The maximum absolute atomic E-state index is 0. The molecule has 0 fully saturated rings. The van der Waals surface area contributed by atoms with E-state index in [2.05, 4.69) is 0 Å². The molecule has 0 aromatic carbocycles. The fourth-order valence-corrected chi connectivity index (χ4v) is 0. The molecule has 22 valence electrons. The van der Waals surface area contributed by atoms with Crippen LogP contribution >= 0.6 is 24.8 Å². The molecule has 0 radical (unpaired) electrons. The van der Waals surface area contributed by atoms with E-state index >= 15 is 0 Å². The van der Waals surface area contributed by atoms with Crippen LogP contribution in [0.3, 0.4) is 0 Å². The molecule has 0 aromatic heterocycles. The Kier molecular flexibility index (Phi) is 100. The molecule has 0 saturated carbocycles. The molecular formula is H5Cl2KSr. The summed E-state index contributed by atoms with van der Waals surface area (Å²) in [6, 6.07) is 0. The Morgan fingerprint density at radius 3 is 1.00 bits per heavy atom. The number of hydrogen-bond donors (Lipinski definition) is 0. The molecule has 0 aliphatic heterocycles. The van der Waals surface area contributed by atoms with E-state index < -0.39 is 0 Å². The van der Waals surface area contributed by atoms with Crippen LogP contribution < -0.4 is 51.4 Å². The van der Waals surface area contributed by atoms with E-state index in [0.717, 1.165) is 0 Å². The molecule has 0 aliphatic carbocycles. The summed E-state index contributed by atoms with van der Waals surface area (Å²) in [5, 5.41) is 0. The van der Waals surface area contributed by atoms with E-state index in [1.165, 1.54) is 0 Å². The second kappa shape index (κ2) is 15.9. The standard InChI is InChI=1S/2ClH.K.Sr.3H/h2*1H;;;;;/q;;+1;+2;3*-1. The summed E-state index contributed by atoms with van der Waals surface area (Å²) in [6.45, 7) is 0. The normalized spacial score (nSPS) is 0. The van der Waals surface area contributed by atoms with Gasteiger partial charge in [0.2, 0.25) is 0 Å². The van der Waals surface area contributed by atoms with Crippen LogP contribution in [0.1, 0.15) is 4.28 Å². The third kappa shape index (κ3) is 9.20. The number of rotatable bonds is 0. The molecule has 0 aromatic rings. The summed E-state index contributed by atoms with van der Waals surface area (Å²) in [7, 11) is 0. The monoisotopic (exact) mass is 202 g/mol. The smallest absolute Gasteiger partial charge is 1.00 e. The Bertz CT molecular complexity index is 12.9. The van der Waals surface area contributed by atoms with Crippen LogP contribution in [0.2, 0.25) is 0 Å². The minimum Gasteiger partial charge on any atom is -1.00 e. The fraction of sp³-hybridized carbons (Fsp3) is 0. The van der Waals surface area contributed by atoms with Crippen LogP contribution in [-0.4, -0.2) is 45.5 Å². The maximum Gasteiger partial charge on any atom is 2.00 e. The van der Waals surface area contributed by atoms with Crippen LogP contribution in [0.25, 0.3) is 0 Å². The van der Waals surface area contributed by atoms with Crippen molar-refractivity contribution in [3.63, 3.8) is 0 Å². The van der Waals surface area contributed by atoms with Gasteiger partial charge in [-0.25, -0.2) is 0 Å². The van der Waals surface area contributed by atoms with Gasteiger partial charge in [0.05, 0.1) is 0 Å². The van der Waals surface area contributed by atoms with Crippen molar-refractivity contribution in [1.82, 2.24) is 0 Å². The van der Waals surface area contributed by atoms with Crippen molar-refractivity contribution in [2.45, 2.75) is 0 Å². The molecule has 0 saturated heterocycles. The van der Waals surface area contributed by atoms with Gasteiger partial charge >= 0.3 is 96.9 Å². The van der Waals surface area contributed by atoms with Crippen LogP contribution in [0, 0.1) is 0 Å². The molecule has 0 unspecified atom stereocenters. The van der Waals surface area contributed by atoms with Crippen molar-refractivity contribution in [1.29, 1.82) is 0 Å². The van der Waals surface area contributed by atoms with Crippen LogP contribution in [0.5, 0.6) is 0 Å². The van der Waals surface area contributed by atoms with E-state index in [1.807, 2.05) is 0 Å². The van der Waals surface area contributed by atoms with Crippen LogP contribution in [-0.2, 0) is 0 Å². The molecule has 0 heterocycles. The van der Waals surface area contributed by atoms with Gasteiger partial charge in [-0.2, -0.15) is 0 Å². The third-order valence-corrected chi connectivity index (χ3v) is 0. The zero-order valence-corrected chi connectivity index (χ0v) is 10.8. The van der Waals surface area contributed by atoms with Crippen molar-refractivity contribution >= 4 is 70.3 Å². The van der Waals surface area contributed by atoms with Gasteiger partial charge in [-0.05, 0) is 0 Å². The molecule has 0 spiro atoms. The SMILES string of the molecule is Cl.Cl.[H-].[H-].[H-].[K+].[Sr+2]. The molecule has 0 aliphatic rings. The molecule has 4 heteroatoms. The first kappa shape index (κ1) is 25.3. The van der Waals surface area contributed by atoms with E-state index in [-0.39, 0.29) is 126 Å². The molecule has 0 N–H and O–H groups in total. The second-order valence-electron chi connectivity index (χ2n) is 0. The Morgan fingerprint density at radius 2 is 1.00 bits per heavy atom. The molecule has 4 heavy (non-hydrogen) atoms. The average Bonchev–Trinajstić information content (AvgIpc) is 0. The van der Waals surface area contributed by atoms with Gasteiger partial charge in [0, 0.05) is 0 Å². The Labute approximate surface area is 122 Å². The largest absolute Gasteiger partial charge is 2.00 e. The van der Waals surface area contributed by atoms with Gasteiger partial charge in [0.15, 0.2) is 0 Å². The van der Waals surface area contributed by atoms with Gasteiger partial charge < -0.3 is 4.28 Å². The average molecular weight is 203 g/mol. The van der Waals surface area contributed by atoms with Crippen LogP contribution in [0.4, 0.5) is 0 Å². The van der Waals surface area contributed by atoms with E-state index in [0.29, 0.717) is 0 Å². The minimum atomic E-state index is 0. The van der Waals surface area contributed by atoms with E-state index in [9.17, 15) is 0 Å². The van der Waals surface area contributed by atoms with Gasteiger partial charge in [-0.15, -0.1) is 24.8 Å². The van der Waals surface area contributed by atoms with Crippen molar-refractivity contribution < 1.29 is 55.7 Å². The van der Waals surface area contributed by atoms with Crippen molar-refractivity contribution in [2.75, 3.05) is 0 Å². The topological polar surface area (TPSA) is 0 Å². The quantitative estimate of drug-likeness (QED) is 0.392. The summed E-state index contributed by atoms with van der Waals surface area (Å²) < 4.78 is 0. The minimum absolute atomic E-state index is 0. The Balaban J connectivity index is 0. The predicted molar refractivity (Wildman–Crippen MR) is 23.6 cm³/mol. The first-order valence-corrected chi connectivity index (χ1v) is 0. The first-order chi connectivity index (χ1) is 0. The van der Waals surface area contributed by atoms with Crippen molar-refractivity contribution in [3.8, 4) is 0 Å². The van der Waals surface area contributed by atoms with E-state index in [1.54, 1.807) is 0 Å². The van der Waals surface area contributed by atoms with Crippen molar-refractivity contribution in [3.05, 3.63) is 0 Å². The molecule has 0 bridgehead atoms. The van der Waals surface area contributed by atoms with Gasteiger partial charge in [-0.1, -0.05) is 0 Å². The molecular weight excluding hydrogens is 198 g/mol. The predicted octanol–water partition coefficient (Wildman–Crippen LogP) is -2.20. The number of halogens is 2. The Morgan fingerprint density at radius 1 is 1.00 bits per heavy atom. The molecule has 0 rings (SSSR count). The van der Waals surface area contributed by atoms with Gasteiger partial charge in [0.25, 0.3) is 0 Å². The maximum atomic E-state index is 0. The number of hydrogen-bond acceptors (Lipinski definition) is 0. The summed E-state index contributed by atoms with van der Waals surface area (Å²) in [6.07, 6.45) is 0. The third-order valence-electron chi connectivity index (χ3n) is 0. The summed E-state index contributed by atoms with van der Waals surface area (Å²) in [5.41, 5.74) is 0. The second-order valence-corrected chi connectivity index (χ2v) is 0. The summed E-state index contributed by atoms with van der Waals surface area (Å²) >= 11 is 0. The molecule has 0 amide bonds.